The van der Waals surface area contributed by atoms with Crippen molar-refractivity contribution in [1.29, 1.82) is 0 Å². The number of hydroxylamine groups is 1. The highest BCUT2D eigenvalue weighted by atomic mass is 16.5. The number of rotatable bonds is 1. The predicted molar refractivity (Wildman–Crippen MR) is 65.6 cm³/mol. The summed E-state index contributed by atoms with van der Waals surface area (Å²) in [6, 6.07) is 3.64. The van der Waals surface area contributed by atoms with Crippen LogP contribution in [0.2, 0.25) is 0 Å². The van der Waals surface area contributed by atoms with Crippen molar-refractivity contribution in [3.63, 3.8) is 0 Å². The molecule has 1 radical (unpaired) electrons. The van der Waals surface area contributed by atoms with Crippen molar-refractivity contribution in [2.45, 2.75) is 6.92 Å². The summed E-state index contributed by atoms with van der Waals surface area (Å²) in [5.41, 5.74) is 1.42. The van der Waals surface area contributed by atoms with Crippen LogP contribution in [-0.2, 0) is 0 Å². The standard InChI is InChI=1S/C12H11N4O2/c1-7-3-4-9(18-2)10-11(7)16(17)12-8(5-13-10)14-6-15-12/h3-4,6H,5H2,1-2H3. The van der Waals surface area contributed by atoms with E-state index < -0.39 is 0 Å². The van der Waals surface area contributed by atoms with Crippen LogP contribution in [0, 0.1) is 12.1 Å². The third-order valence-corrected chi connectivity index (χ3v) is 2.97. The molecule has 6 heteroatoms. The van der Waals surface area contributed by atoms with Crippen LogP contribution in [0.3, 0.4) is 0 Å². The lowest BCUT2D eigenvalue weighted by Crippen LogP contribution is -2.38. The van der Waals surface area contributed by atoms with Gasteiger partial charge in [0.25, 0.3) is 0 Å². The van der Waals surface area contributed by atoms with Crippen molar-refractivity contribution in [3.05, 3.63) is 45.1 Å². The van der Waals surface area contributed by atoms with Gasteiger partial charge in [-0.3, -0.25) is 4.99 Å². The van der Waals surface area contributed by atoms with Gasteiger partial charge in [-0.25, -0.2) is 10.1 Å². The Morgan fingerprint density at radius 3 is 3.00 bits per heavy atom. The quantitative estimate of drug-likeness (QED) is 0.490. The molecule has 2 aliphatic heterocycles. The summed E-state index contributed by atoms with van der Waals surface area (Å²) in [6.45, 7) is 2.20. The van der Waals surface area contributed by atoms with E-state index in [2.05, 4.69) is 15.3 Å². The second-order valence-corrected chi connectivity index (χ2v) is 4.04. The zero-order chi connectivity index (χ0) is 12.7. The Morgan fingerprint density at radius 2 is 2.22 bits per heavy atom. The SMILES string of the molecule is COc1ccc(C)c2c1=NCC1=C(N=C[N]1)[N+]=2[O-]. The van der Waals surface area contributed by atoms with Gasteiger partial charge in [-0.1, -0.05) is 6.07 Å². The summed E-state index contributed by atoms with van der Waals surface area (Å²) in [6.07, 6.45) is 1.38. The smallest absolute Gasteiger partial charge is 0.352 e. The minimum absolute atomic E-state index is 0.314. The maximum absolute atomic E-state index is 12.4. The number of benzene rings is 1. The van der Waals surface area contributed by atoms with Crippen LogP contribution in [0.1, 0.15) is 5.56 Å². The van der Waals surface area contributed by atoms with Gasteiger partial charge in [0.05, 0.1) is 13.7 Å². The molecule has 0 fully saturated rings. The number of hydrogen-bond donors (Lipinski definition) is 0. The molecule has 3 rings (SSSR count). The van der Waals surface area contributed by atoms with Crippen molar-refractivity contribution in [3.8, 4) is 5.75 Å². The first-order valence-electron chi connectivity index (χ1n) is 5.51. The number of hydrogen-bond acceptors (Lipinski definition) is 4. The second-order valence-electron chi connectivity index (χ2n) is 4.04. The normalized spacial score (nSPS) is 16.7. The molecular formula is C12H11N4O2. The van der Waals surface area contributed by atoms with Crippen LogP contribution in [0.15, 0.2) is 33.6 Å². The Labute approximate surface area is 103 Å². The van der Waals surface area contributed by atoms with E-state index in [-0.39, 0.29) is 0 Å². The van der Waals surface area contributed by atoms with Gasteiger partial charge in [-0.2, -0.15) is 0 Å². The minimum atomic E-state index is 0.314. The maximum atomic E-state index is 12.4. The van der Waals surface area contributed by atoms with Crippen molar-refractivity contribution in [1.82, 2.24) is 10.1 Å². The number of aliphatic imine (C=N–C) groups is 1. The molecule has 0 amide bonds. The Hall–Kier alpha value is -2.37. The van der Waals surface area contributed by atoms with E-state index in [1.54, 1.807) is 7.11 Å². The average molecular weight is 243 g/mol. The summed E-state index contributed by atoms with van der Waals surface area (Å²) in [5, 5.41) is 17.5. The molecule has 6 nitrogen and oxygen atoms in total. The van der Waals surface area contributed by atoms with E-state index in [9.17, 15) is 5.21 Å². The first-order valence-corrected chi connectivity index (χ1v) is 5.51. The van der Waals surface area contributed by atoms with Crippen LogP contribution in [-0.4, -0.2) is 20.0 Å². The van der Waals surface area contributed by atoms with E-state index >= 15 is 0 Å². The van der Waals surface area contributed by atoms with Gasteiger partial charge >= 0.3 is 5.82 Å². The molecule has 0 aliphatic carbocycles. The molecule has 0 saturated carbocycles. The molecule has 0 saturated heterocycles. The number of nitrogens with zero attached hydrogens (tertiary/aromatic N) is 4. The van der Waals surface area contributed by atoms with E-state index in [4.69, 9.17) is 4.74 Å². The van der Waals surface area contributed by atoms with Crippen molar-refractivity contribution in [2.24, 2.45) is 9.98 Å². The molecule has 18 heavy (non-hydrogen) atoms. The molecule has 0 atom stereocenters. The van der Waals surface area contributed by atoms with E-state index in [1.807, 2.05) is 19.1 Å². The van der Waals surface area contributed by atoms with Crippen LogP contribution in [0.4, 0.5) is 0 Å². The van der Waals surface area contributed by atoms with Gasteiger partial charge in [0, 0.05) is 0 Å². The highest BCUT2D eigenvalue weighted by Gasteiger charge is 2.24. The van der Waals surface area contributed by atoms with Crippen LogP contribution in [0.5, 0.6) is 5.75 Å². The highest BCUT2D eigenvalue weighted by Crippen LogP contribution is 2.11. The van der Waals surface area contributed by atoms with Gasteiger partial charge < -0.3 is 9.94 Å². The minimum Gasteiger partial charge on any atom is -0.710 e. The van der Waals surface area contributed by atoms with Crippen molar-refractivity contribution < 1.29 is 4.74 Å². The molecule has 0 aromatic heterocycles. The monoisotopic (exact) mass is 243 g/mol. The first-order chi connectivity index (χ1) is 8.72. The van der Waals surface area contributed by atoms with E-state index in [0.29, 0.717) is 34.5 Å². The summed E-state index contributed by atoms with van der Waals surface area (Å²) in [4.78, 5) is 8.41. The Balaban J connectivity index is 2.44. The fourth-order valence-corrected chi connectivity index (χ4v) is 2.06. The average Bonchev–Trinajstić information content (AvgIpc) is 2.79. The molecular weight excluding hydrogens is 232 g/mol. The lowest BCUT2D eigenvalue weighted by atomic mass is 10.2. The molecule has 2 heterocycles. The second kappa shape index (κ2) is 3.83. The zero-order valence-corrected chi connectivity index (χ0v) is 10.0. The molecule has 0 bridgehead atoms. The number of ether oxygens (including phenoxy) is 1. The molecule has 0 unspecified atom stereocenters. The molecule has 1 aromatic rings. The van der Waals surface area contributed by atoms with Gasteiger partial charge in [-0.05, 0) is 23.5 Å². The molecule has 1 aromatic carbocycles. The van der Waals surface area contributed by atoms with Crippen LogP contribution in [0.25, 0.3) is 0 Å². The van der Waals surface area contributed by atoms with E-state index in [0.717, 1.165) is 10.3 Å². The first kappa shape index (κ1) is 10.8. The maximum Gasteiger partial charge on any atom is 0.352 e. The summed E-state index contributed by atoms with van der Waals surface area (Å²) in [7, 11) is 1.56. The third kappa shape index (κ3) is 1.38. The van der Waals surface area contributed by atoms with Gasteiger partial charge in [0.15, 0.2) is 11.1 Å². The fraction of sp³-hybridized carbons (Fsp3) is 0.250. The largest absolute Gasteiger partial charge is 0.710 e. The molecule has 0 N–H and O–H groups in total. The van der Waals surface area contributed by atoms with Crippen molar-refractivity contribution in [2.75, 3.05) is 13.7 Å². The summed E-state index contributed by atoms with van der Waals surface area (Å²) < 4.78 is 6.03. The molecule has 91 valence electrons. The Bertz CT molecular complexity index is 704. The lowest BCUT2D eigenvalue weighted by Gasteiger charge is -2.07. The predicted octanol–water partition coefficient (Wildman–Crippen LogP) is -0.559. The summed E-state index contributed by atoms with van der Waals surface area (Å²) >= 11 is 0. The topological polar surface area (TPSA) is 74.1 Å². The third-order valence-electron chi connectivity index (χ3n) is 2.97. The lowest BCUT2D eigenvalue weighted by molar-refractivity contribution is 0.407. The fourth-order valence-electron chi connectivity index (χ4n) is 2.06. The van der Waals surface area contributed by atoms with Crippen molar-refractivity contribution >= 4 is 6.34 Å². The molecule has 2 aliphatic rings. The molecule has 0 spiro atoms. The van der Waals surface area contributed by atoms with Gasteiger partial charge in [0.2, 0.25) is 6.34 Å². The van der Waals surface area contributed by atoms with Gasteiger partial charge in [-0.15, -0.1) is 0 Å². The van der Waals surface area contributed by atoms with Gasteiger partial charge in [0.1, 0.15) is 11.1 Å². The number of aryl methyl sites for hydroxylation is 1. The summed E-state index contributed by atoms with van der Waals surface area (Å²) in [5.74, 6) is 0.899. The highest BCUT2D eigenvalue weighted by molar-refractivity contribution is 5.63. The zero-order valence-electron chi connectivity index (χ0n) is 10.0. The Kier molecular flexibility index (Phi) is 2.29. The van der Waals surface area contributed by atoms with Crippen LogP contribution < -0.4 is 25.5 Å². The number of fused-ring (bicyclic) bond motifs is 1. The number of methoxy groups -OCH3 is 1. The van der Waals surface area contributed by atoms with Crippen LogP contribution >= 0.6 is 0 Å². The van der Waals surface area contributed by atoms with E-state index in [1.165, 1.54) is 6.34 Å². The Morgan fingerprint density at radius 1 is 1.39 bits per heavy atom.